The average molecular weight is 296 g/mol. The van der Waals surface area contributed by atoms with Crippen molar-refractivity contribution >= 4 is 10.0 Å². The summed E-state index contributed by atoms with van der Waals surface area (Å²) in [7, 11) is -0.899. The molecule has 3 rings (SSSR count). The molecule has 1 unspecified atom stereocenters. The summed E-state index contributed by atoms with van der Waals surface area (Å²) in [5.41, 5.74) is 0. The number of hydrogen-bond acceptors (Lipinski definition) is 0. The lowest BCUT2D eigenvalue weighted by Crippen LogP contribution is -2.14. The lowest BCUT2D eigenvalue weighted by atomic mass is 10.1. The Morgan fingerprint density at radius 3 is 1.95 bits per heavy atom. The first-order valence-corrected chi connectivity index (χ1v) is 9.84. The van der Waals surface area contributed by atoms with Gasteiger partial charge in [-0.15, -0.1) is 0 Å². The van der Waals surface area contributed by atoms with Gasteiger partial charge in [0.25, 0.3) is 0 Å². The standard InChI is InChI=1S/C20H24S/c1-18-10-8-9-16-21(17-15-18,19-11-4-2-5-12-19)20-13-6-3-7-14-20/h2-8,10-14,18H,9,15-17H2,1H3/b10-8-. The van der Waals surface area contributed by atoms with Crippen molar-refractivity contribution in [2.24, 2.45) is 5.92 Å². The molecule has 0 spiro atoms. The van der Waals surface area contributed by atoms with Crippen LogP contribution >= 0.6 is 10.0 Å². The van der Waals surface area contributed by atoms with E-state index in [1.165, 1.54) is 24.3 Å². The van der Waals surface area contributed by atoms with Gasteiger partial charge in [-0.05, 0) is 64.3 Å². The van der Waals surface area contributed by atoms with E-state index in [1.807, 2.05) is 0 Å². The Morgan fingerprint density at radius 2 is 1.38 bits per heavy atom. The lowest BCUT2D eigenvalue weighted by Gasteiger charge is -2.42. The van der Waals surface area contributed by atoms with Crippen molar-refractivity contribution < 1.29 is 0 Å². The Labute approximate surface area is 130 Å². The molecule has 2 aromatic carbocycles. The minimum atomic E-state index is -0.899. The molecule has 0 fully saturated rings. The van der Waals surface area contributed by atoms with Gasteiger partial charge in [0.05, 0.1) is 0 Å². The van der Waals surface area contributed by atoms with Crippen molar-refractivity contribution in [3.05, 3.63) is 72.8 Å². The summed E-state index contributed by atoms with van der Waals surface area (Å²) in [5, 5.41) is 0. The van der Waals surface area contributed by atoms with Gasteiger partial charge >= 0.3 is 0 Å². The zero-order valence-electron chi connectivity index (χ0n) is 12.7. The molecule has 0 amide bonds. The van der Waals surface area contributed by atoms with E-state index in [2.05, 4.69) is 79.7 Å². The zero-order chi connectivity index (χ0) is 14.5. The second-order valence-electron chi connectivity index (χ2n) is 5.90. The van der Waals surface area contributed by atoms with Crippen molar-refractivity contribution in [3.63, 3.8) is 0 Å². The van der Waals surface area contributed by atoms with E-state index >= 15 is 0 Å². The van der Waals surface area contributed by atoms with Crippen molar-refractivity contribution in [3.8, 4) is 0 Å². The van der Waals surface area contributed by atoms with Gasteiger partial charge in [0.15, 0.2) is 0 Å². The highest BCUT2D eigenvalue weighted by molar-refractivity contribution is 8.33. The molecule has 0 N–H and O–H groups in total. The summed E-state index contributed by atoms with van der Waals surface area (Å²) in [6.45, 7) is 2.35. The Balaban J connectivity index is 2.08. The van der Waals surface area contributed by atoms with Crippen molar-refractivity contribution in [2.45, 2.75) is 29.6 Å². The Bertz CT molecular complexity index is 546. The van der Waals surface area contributed by atoms with Crippen LogP contribution in [0.4, 0.5) is 0 Å². The van der Waals surface area contributed by atoms with E-state index in [1.54, 1.807) is 9.79 Å². The molecule has 1 heteroatoms. The van der Waals surface area contributed by atoms with Crippen molar-refractivity contribution in [1.29, 1.82) is 0 Å². The summed E-state index contributed by atoms with van der Waals surface area (Å²) in [4.78, 5) is 3.11. The van der Waals surface area contributed by atoms with Crippen LogP contribution in [-0.2, 0) is 0 Å². The van der Waals surface area contributed by atoms with Crippen LogP contribution in [0.3, 0.4) is 0 Å². The molecule has 0 saturated carbocycles. The maximum atomic E-state index is 2.40. The molecule has 1 aliphatic rings. The summed E-state index contributed by atoms with van der Waals surface area (Å²) in [6.07, 6.45) is 7.29. The van der Waals surface area contributed by atoms with Gasteiger partial charge in [-0.3, -0.25) is 0 Å². The first kappa shape index (κ1) is 14.5. The van der Waals surface area contributed by atoms with E-state index in [0.29, 0.717) is 5.92 Å². The number of benzene rings is 2. The van der Waals surface area contributed by atoms with E-state index in [4.69, 9.17) is 0 Å². The summed E-state index contributed by atoms with van der Waals surface area (Å²) < 4.78 is 0. The SMILES string of the molecule is CC1/C=C\CCS(c2ccccc2)(c2ccccc2)CC1. The first-order valence-electron chi connectivity index (χ1n) is 7.87. The van der Waals surface area contributed by atoms with Crippen LogP contribution in [0.2, 0.25) is 0 Å². The molecule has 0 bridgehead atoms. The minimum Gasteiger partial charge on any atom is -0.187 e. The van der Waals surface area contributed by atoms with Crippen molar-refractivity contribution in [1.82, 2.24) is 0 Å². The number of hydrogen-bond donors (Lipinski definition) is 0. The predicted octanol–water partition coefficient (Wildman–Crippen LogP) is 5.90. The quantitative estimate of drug-likeness (QED) is 0.606. The van der Waals surface area contributed by atoms with Crippen LogP contribution in [0.1, 0.15) is 19.8 Å². The fourth-order valence-corrected chi connectivity index (χ4v) is 7.24. The molecule has 1 heterocycles. The maximum Gasteiger partial charge on any atom is -0.00591 e. The van der Waals surface area contributed by atoms with Crippen LogP contribution in [0.5, 0.6) is 0 Å². The van der Waals surface area contributed by atoms with Crippen LogP contribution in [0.25, 0.3) is 0 Å². The summed E-state index contributed by atoms with van der Waals surface area (Å²) in [6, 6.07) is 22.4. The highest BCUT2D eigenvalue weighted by Gasteiger charge is 2.28. The van der Waals surface area contributed by atoms with Gasteiger partial charge in [-0.25, -0.2) is 0 Å². The first-order chi connectivity index (χ1) is 10.3. The van der Waals surface area contributed by atoms with Crippen LogP contribution < -0.4 is 0 Å². The van der Waals surface area contributed by atoms with E-state index < -0.39 is 10.0 Å². The molecule has 2 aromatic rings. The highest BCUT2D eigenvalue weighted by atomic mass is 32.3. The van der Waals surface area contributed by atoms with Gasteiger partial charge in [-0.2, -0.15) is 10.0 Å². The Hall–Kier alpha value is -1.47. The van der Waals surface area contributed by atoms with Gasteiger partial charge in [0.2, 0.25) is 0 Å². The minimum absolute atomic E-state index is 0.699. The Kier molecular flexibility index (Phi) is 4.50. The largest absolute Gasteiger partial charge is 0.187 e. The fraction of sp³-hybridized carbons (Fsp3) is 0.300. The van der Waals surface area contributed by atoms with Gasteiger partial charge in [-0.1, -0.05) is 55.5 Å². The molecule has 0 aromatic heterocycles. The molecule has 0 nitrogen and oxygen atoms in total. The predicted molar refractivity (Wildman–Crippen MR) is 94.3 cm³/mol. The van der Waals surface area contributed by atoms with Crippen LogP contribution in [0, 0.1) is 5.92 Å². The number of allylic oxidation sites excluding steroid dienone is 2. The molecular formula is C20H24S. The number of rotatable bonds is 2. The summed E-state index contributed by atoms with van der Waals surface area (Å²) in [5.74, 6) is 3.29. The van der Waals surface area contributed by atoms with Crippen molar-refractivity contribution in [2.75, 3.05) is 11.5 Å². The monoisotopic (exact) mass is 296 g/mol. The normalized spacial score (nSPS) is 24.5. The third kappa shape index (κ3) is 3.08. The maximum absolute atomic E-state index is 2.40. The van der Waals surface area contributed by atoms with E-state index in [-0.39, 0.29) is 0 Å². The third-order valence-electron chi connectivity index (χ3n) is 4.41. The molecule has 0 saturated heterocycles. The Morgan fingerprint density at radius 1 is 0.810 bits per heavy atom. The lowest BCUT2D eigenvalue weighted by molar-refractivity contribution is 0.695. The molecule has 1 aliphatic heterocycles. The van der Waals surface area contributed by atoms with Crippen LogP contribution in [0.15, 0.2) is 82.6 Å². The van der Waals surface area contributed by atoms with Crippen LogP contribution in [-0.4, -0.2) is 11.5 Å². The molecule has 1 atom stereocenters. The fourth-order valence-electron chi connectivity index (χ4n) is 3.15. The molecule has 21 heavy (non-hydrogen) atoms. The molecular weight excluding hydrogens is 272 g/mol. The smallest absolute Gasteiger partial charge is 0.00591 e. The summed E-state index contributed by atoms with van der Waals surface area (Å²) >= 11 is 0. The topological polar surface area (TPSA) is 0 Å². The van der Waals surface area contributed by atoms with Gasteiger partial charge < -0.3 is 0 Å². The molecule has 0 radical (unpaired) electrons. The van der Waals surface area contributed by atoms with Gasteiger partial charge in [0.1, 0.15) is 0 Å². The van der Waals surface area contributed by atoms with E-state index in [0.717, 1.165) is 0 Å². The zero-order valence-corrected chi connectivity index (χ0v) is 13.6. The second kappa shape index (κ2) is 6.53. The second-order valence-corrected chi connectivity index (χ2v) is 9.43. The van der Waals surface area contributed by atoms with E-state index in [9.17, 15) is 0 Å². The molecule has 110 valence electrons. The average Bonchev–Trinajstić information content (AvgIpc) is 2.54. The van der Waals surface area contributed by atoms with Gasteiger partial charge in [0, 0.05) is 0 Å². The molecule has 0 aliphatic carbocycles. The highest BCUT2D eigenvalue weighted by Crippen LogP contribution is 2.63. The third-order valence-corrected chi connectivity index (χ3v) is 8.62.